The molecule has 1 aliphatic carbocycles. The molecule has 1 amide bonds. The average Bonchev–Trinajstić information content (AvgIpc) is 3.34. The Kier molecular flexibility index (Phi) is 7.19. The standard InChI is InChI=1S/C29H37N5O2/c1-20(35)33-12-14-34(15-13-33)29(4,5)23-7-6-22(16-26(36)27-31-19-24(18-30)32-27)25(17-23)21-8-10-28(2,3)11-9-21/h6-8,17,19H,9-16H2,1-5H3,(H,31,32). The molecule has 1 saturated heterocycles. The van der Waals surface area contributed by atoms with Gasteiger partial charge in [-0.25, -0.2) is 4.98 Å². The Labute approximate surface area is 214 Å². The molecule has 1 aromatic heterocycles. The predicted molar refractivity (Wildman–Crippen MR) is 140 cm³/mol. The van der Waals surface area contributed by atoms with Crippen LogP contribution in [0.15, 0.2) is 30.5 Å². The fourth-order valence-electron chi connectivity index (χ4n) is 5.27. The van der Waals surface area contributed by atoms with Crippen LogP contribution in [0.3, 0.4) is 0 Å². The number of nitriles is 1. The second-order valence-electron chi connectivity index (χ2n) is 11.4. The van der Waals surface area contributed by atoms with E-state index in [2.05, 4.69) is 66.8 Å². The van der Waals surface area contributed by atoms with Crippen molar-refractivity contribution in [2.45, 2.75) is 65.8 Å². The molecule has 0 radical (unpaired) electrons. The van der Waals surface area contributed by atoms with Crippen molar-refractivity contribution in [1.82, 2.24) is 19.8 Å². The van der Waals surface area contributed by atoms with Gasteiger partial charge in [0.2, 0.25) is 11.7 Å². The molecule has 4 rings (SSSR count). The Hall–Kier alpha value is -3.24. The first-order chi connectivity index (χ1) is 17.0. The SMILES string of the molecule is CC(=O)N1CCN(C(C)(C)c2ccc(CC(=O)c3ncc(C#N)[nH]3)c(C3=CCC(C)(C)CC3)c2)CC1. The molecule has 2 heterocycles. The van der Waals surface area contributed by atoms with Crippen LogP contribution in [0.2, 0.25) is 0 Å². The summed E-state index contributed by atoms with van der Waals surface area (Å²) in [6, 6.07) is 8.49. The summed E-state index contributed by atoms with van der Waals surface area (Å²) in [5.74, 6) is 0.236. The Morgan fingerprint density at radius 3 is 2.50 bits per heavy atom. The van der Waals surface area contributed by atoms with E-state index >= 15 is 0 Å². The van der Waals surface area contributed by atoms with E-state index in [9.17, 15) is 9.59 Å². The Morgan fingerprint density at radius 1 is 1.19 bits per heavy atom. The zero-order chi connectivity index (χ0) is 26.1. The molecule has 7 nitrogen and oxygen atoms in total. The number of Topliss-reactive ketones (excluding diaryl/α,β-unsaturated/α-hetero) is 1. The summed E-state index contributed by atoms with van der Waals surface area (Å²) in [4.78, 5) is 36.1. The minimum Gasteiger partial charge on any atom is -0.340 e. The van der Waals surface area contributed by atoms with Gasteiger partial charge < -0.3 is 9.88 Å². The molecule has 1 aliphatic heterocycles. The number of hydrogen-bond donors (Lipinski definition) is 1. The van der Waals surface area contributed by atoms with Crippen molar-refractivity contribution in [3.05, 3.63) is 58.7 Å². The van der Waals surface area contributed by atoms with Gasteiger partial charge in [0.05, 0.1) is 6.20 Å². The third kappa shape index (κ3) is 5.44. The number of hydrogen-bond acceptors (Lipinski definition) is 5. The van der Waals surface area contributed by atoms with Gasteiger partial charge in [-0.15, -0.1) is 0 Å². The van der Waals surface area contributed by atoms with Gasteiger partial charge in [-0.05, 0) is 66.9 Å². The Balaban J connectivity index is 1.65. The van der Waals surface area contributed by atoms with Crippen molar-refractivity contribution in [3.8, 4) is 6.07 Å². The van der Waals surface area contributed by atoms with Gasteiger partial charge in [0.15, 0.2) is 5.82 Å². The lowest BCUT2D eigenvalue weighted by Gasteiger charge is -2.44. The molecule has 1 aromatic carbocycles. The van der Waals surface area contributed by atoms with Crippen LogP contribution in [0.4, 0.5) is 0 Å². The number of nitrogens with zero attached hydrogens (tertiary/aromatic N) is 4. The van der Waals surface area contributed by atoms with Crippen LogP contribution in [0.1, 0.15) is 86.9 Å². The average molecular weight is 488 g/mol. The summed E-state index contributed by atoms with van der Waals surface area (Å²) in [5, 5.41) is 9.07. The molecule has 0 unspecified atom stereocenters. The van der Waals surface area contributed by atoms with Crippen molar-refractivity contribution >= 4 is 17.3 Å². The van der Waals surface area contributed by atoms with Gasteiger partial charge in [-0.1, -0.05) is 32.1 Å². The zero-order valence-corrected chi connectivity index (χ0v) is 22.1. The monoisotopic (exact) mass is 487 g/mol. The number of H-pyrrole nitrogens is 1. The van der Waals surface area contributed by atoms with Gasteiger partial charge in [-0.2, -0.15) is 5.26 Å². The number of carbonyl (C=O) groups excluding carboxylic acids is 2. The number of imidazole rings is 1. The molecule has 36 heavy (non-hydrogen) atoms. The van der Waals surface area contributed by atoms with Crippen LogP contribution in [-0.4, -0.2) is 57.6 Å². The summed E-state index contributed by atoms with van der Waals surface area (Å²) in [6.45, 7) is 13.9. The molecule has 0 bridgehead atoms. The van der Waals surface area contributed by atoms with Gasteiger partial charge in [0, 0.05) is 45.1 Å². The lowest BCUT2D eigenvalue weighted by atomic mass is 9.75. The van der Waals surface area contributed by atoms with Gasteiger partial charge >= 0.3 is 0 Å². The maximum absolute atomic E-state index is 13.0. The first kappa shape index (κ1) is 25.8. The molecule has 190 valence electrons. The van der Waals surface area contributed by atoms with Crippen molar-refractivity contribution < 1.29 is 9.59 Å². The third-order valence-electron chi connectivity index (χ3n) is 7.96. The van der Waals surface area contributed by atoms with Crippen molar-refractivity contribution in [3.63, 3.8) is 0 Å². The highest BCUT2D eigenvalue weighted by atomic mass is 16.2. The number of carbonyl (C=O) groups is 2. The lowest BCUT2D eigenvalue weighted by Crippen LogP contribution is -2.54. The van der Waals surface area contributed by atoms with E-state index in [4.69, 9.17) is 5.26 Å². The van der Waals surface area contributed by atoms with E-state index < -0.39 is 0 Å². The maximum atomic E-state index is 13.0. The summed E-state index contributed by atoms with van der Waals surface area (Å²) in [7, 11) is 0. The minimum atomic E-state index is -0.211. The zero-order valence-electron chi connectivity index (χ0n) is 22.1. The highest BCUT2D eigenvalue weighted by Crippen LogP contribution is 2.40. The predicted octanol–water partition coefficient (Wildman–Crippen LogP) is 4.70. The molecule has 0 saturated carbocycles. The Morgan fingerprint density at radius 2 is 1.92 bits per heavy atom. The molecule has 1 N–H and O–H groups in total. The van der Waals surface area contributed by atoms with Crippen LogP contribution < -0.4 is 0 Å². The summed E-state index contributed by atoms with van der Waals surface area (Å²) < 4.78 is 0. The van der Waals surface area contributed by atoms with Crippen LogP contribution in [0, 0.1) is 16.7 Å². The van der Waals surface area contributed by atoms with E-state index in [-0.39, 0.29) is 40.6 Å². The summed E-state index contributed by atoms with van der Waals surface area (Å²) >= 11 is 0. The molecular formula is C29H37N5O2. The van der Waals surface area contributed by atoms with E-state index in [0.29, 0.717) is 0 Å². The van der Waals surface area contributed by atoms with Crippen molar-refractivity contribution in [2.75, 3.05) is 26.2 Å². The number of amides is 1. The lowest BCUT2D eigenvalue weighted by molar-refractivity contribution is -0.131. The number of aromatic amines is 1. The maximum Gasteiger partial charge on any atom is 0.219 e. The fourth-order valence-corrected chi connectivity index (χ4v) is 5.27. The number of ketones is 1. The van der Waals surface area contributed by atoms with E-state index in [1.807, 2.05) is 11.0 Å². The number of piperazine rings is 1. The van der Waals surface area contributed by atoms with E-state index in [0.717, 1.165) is 56.6 Å². The fraction of sp³-hybridized carbons (Fsp3) is 0.517. The van der Waals surface area contributed by atoms with Crippen molar-refractivity contribution in [2.24, 2.45) is 5.41 Å². The highest BCUT2D eigenvalue weighted by Gasteiger charge is 2.33. The summed E-state index contributed by atoms with van der Waals surface area (Å²) in [6.07, 6.45) is 7.07. The quantitative estimate of drug-likeness (QED) is 0.596. The second kappa shape index (κ2) is 10.0. The number of nitrogens with one attached hydrogen (secondary N) is 1. The van der Waals surface area contributed by atoms with Crippen LogP contribution in [0.5, 0.6) is 0 Å². The van der Waals surface area contributed by atoms with Gasteiger partial charge in [0.1, 0.15) is 11.8 Å². The molecule has 2 aromatic rings. The van der Waals surface area contributed by atoms with Gasteiger partial charge in [0.25, 0.3) is 0 Å². The first-order valence-corrected chi connectivity index (χ1v) is 12.8. The second-order valence-corrected chi connectivity index (χ2v) is 11.4. The molecule has 0 atom stereocenters. The molecular weight excluding hydrogens is 450 g/mol. The largest absolute Gasteiger partial charge is 0.340 e. The van der Waals surface area contributed by atoms with E-state index in [1.54, 1.807) is 6.92 Å². The smallest absolute Gasteiger partial charge is 0.219 e. The number of rotatable bonds is 6. The molecule has 7 heteroatoms. The molecule has 2 aliphatic rings. The summed E-state index contributed by atoms with van der Waals surface area (Å²) in [5.41, 5.74) is 5.00. The van der Waals surface area contributed by atoms with Crippen LogP contribution >= 0.6 is 0 Å². The van der Waals surface area contributed by atoms with Crippen molar-refractivity contribution in [1.29, 1.82) is 5.26 Å². The Bertz CT molecular complexity index is 1220. The minimum absolute atomic E-state index is 0.123. The van der Waals surface area contributed by atoms with E-state index in [1.165, 1.54) is 17.3 Å². The third-order valence-corrected chi connectivity index (χ3v) is 7.96. The number of allylic oxidation sites excluding steroid dienone is 2. The van der Waals surface area contributed by atoms with Crippen LogP contribution in [-0.2, 0) is 16.8 Å². The first-order valence-electron chi connectivity index (χ1n) is 12.8. The number of aromatic nitrogens is 2. The topological polar surface area (TPSA) is 93.1 Å². The van der Waals surface area contributed by atoms with Gasteiger partial charge in [-0.3, -0.25) is 14.5 Å². The number of benzene rings is 1. The molecule has 0 spiro atoms. The van der Waals surface area contributed by atoms with Crippen LogP contribution in [0.25, 0.3) is 5.57 Å². The highest BCUT2D eigenvalue weighted by molar-refractivity contribution is 5.95. The normalized spacial score (nSPS) is 18.4. The molecule has 1 fully saturated rings.